The first-order chi connectivity index (χ1) is 17.7. The number of hydrogen-bond donors (Lipinski definition) is 0. The van der Waals surface area contributed by atoms with Gasteiger partial charge in [-0.2, -0.15) is 18.2 Å². The molecule has 0 radical (unpaired) electrons. The molecule has 4 aromatic carbocycles. The number of benzene rings is 4. The zero-order chi connectivity index (χ0) is 26.4. The Labute approximate surface area is 243 Å². The molecule has 0 heterocycles. The van der Waals surface area contributed by atoms with E-state index in [-0.39, 0.29) is 5.78 Å². The Bertz CT molecular complexity index is 1100. The summed E-state index contributed by atoms with van der Waals surface area (Å²) < 4.78 is 10.8. The van der Waals surface area contributed by atoms with Crippen molar-refractivity contribution in [3.63, 3.8) is 0 Å². The number of carbonyl (C=O) groups is 1. The van der Waals surface area contributed by atoms with Gasteiger partial charge in [-0.05, 0) is 41.1 Å². The van der Waals surface area contributed by atoms with Crippen molar-refractivity contribution in [2.75, 3.05) is 14.2 Å². The molecule has 0 aliphatic heterocycles. The van der Waals surface area contributed by atoms with E-state index < -0.39 is 7.26 Å². The molecular formula is C28H23Cl2O3PPd2. The van der Waals surface area contributed by atoms with Crippen LogP contribution in [0, 0.1) is 18.3 Å². The van der Waals surface area contributed by atoms with Crippen LogP contribution >= 0.6 is 26.3 Å². The van der Waals surface area contributed by atoms with Crippen molar-refractivity contribution < 1.29 is 50.6 Å². The molecular weight excluding hydrogens is 699 g/mol. The van der Waals surface area contributed by atoms with Crippen LogP contribution in [-0.2, 0) is 36.4 Å². The zero-order valence-corrected chi connectivity index (χ0v) is 24.9. The molecule has 0 aliphatic carbocycles. The Balaban J connectivity index is 0.00000109. The van der Waals surface area contributed by atoms with Crippen molar-refractivity contribution >= 4 is 48.0 Å². The standard InChI is InChI=1S/C28H23O3P.2ClH.2Pd/c1-30-22-18-19-26(28(20-22)31-2)27(29)21-32(23-12-6-3-7-13-23,24-14-8-4-9-15-24)25-16-10-5-11-17-25;;;;/h3-16,18,20-21H,1-2H3;2*1H;;/q-2;;;2*+2/p-2. The molecule has 192 valence electrons. The van der Waals surface area contributed by atoms with Gasteiger partial charge in [0, 0.05) is 13.0 Å². The van der Waals surface area contributed by atoms with Crippen LogP contribution in [0.5, 0.6) is 11.5 Å². The second-order valence-electron chi connectivity index (χ2n) is 7.12. The third kappa shape index (κ3) is 7.22. The number of hydrogen-bond acceptors (Lipinski definition) is 3. The fourth-order valence-corrected chi connectivity index (χ4v) is 7.40. The number of rotatable bonds is 8. The second-order valence-corrected chi connectivity index (χ2v) is 10.3. The number of methoxy groups -OCH3 is 2. The van der Waals surface area contributed by atoms with E-state index in [1.807, 2.05) is 66.8 Å². The van der Waals surface area contributed by atoms with Crippen molar-refractivity contribution in [3.8, 4) is 11.5 Å². The number of ketones is 1. The molecule has 0 fully saturated rings. The average molecular weight is 722 g/mol. The summed E-state index contributed by atoms with van der Waals surface area (Å²) in [6.45, 7) is 0. The molecule has 36 heavy (non-hydrogen) atoms. The molecule has 0 aliphatic rings. The molecule has 0 saturated carbocycles. The van der Waals surface area contributed by atoms with Crippen LogP contribution in [0.4, 0.5) is 0 Å². The Kier molecular flexibility index (Phi) is 13.8. The third-order valence-electron chi connectivity index (χ3n) is 5.29. The normalized spacial score (nSPS) is 10.1. The first kappa shape index (κ1) is 30.6. The molecule has 0 N–H and O–H groups in total. The van der Waals surface area contributed by atoms with E-state index in [1.54, 1.807) is 26.4 Å². The molecule has 0 bridgehead atoms. The third-order valence-corrected chi connectivity index (χ3v) is 9.18. The van der Waals surface area contributed by atoms with Gasteiger partial charge in [-0.1, -0.05) is 48.6 Å². The summed E-state index contributed by atoms with van der Waals surface area (Å²) in [6.07, 6.45) is 1.85. The summed E-state index contributed by atoms with van der Waals surface area (Å²) in [7, 11) is 9.63. The fourth-order valence-electron chi connectivity index (χ4n) is 3.74. The second kappa shape index (κ2) is 16.2. The predicted molar refractivity (Wildman–Crippen MR) is 143 cm³/mol. The molecule has 0 aromatic heterocycles. The Morgan fingerprint density at radius 2 is 1.36 bits per heavy atom. The molecule has 4 rings (SSSR count). The van der Waals surface area contributed by atoms with Crippen molar-refractivity contribution in [2.24, 2.45) is 0 Å². The van der Waals surface area contributed by atoms with Crippen LogP contribution in [0.25, 0.3) is 0 Å². The quantitative estimate of drug-likeness (QED) is 0.0968. The Hall–Kier alpha value is -1.65. The SMILES string of the molecule is COc1c[c-]c(C(=O)[CH-][P+](c2[c-]cccc2)(c2ccccc2)c2ccccc2)c(OC)c1.[Cl][Pd+].[Cl][Pd+]. The molecule has 4 aromatic rings. The van der Waals surface area contributed by atoms with Gasteiger partial charge in [0.25, 0.3) is 0 Å². The van der Waals surface area contributed by atoms with Crippen molar-refractivity contribution in [1.29, 1.82) is 0 Å². The van der Waals surface area contributed by atoms with Gasteiger partial charge in [-0.3, -0.25) is 0 Å². The van der Waals surface area contributed by atoms with Crippen LogP contribution in [0.1, 0.15) is 10.4 Å². The summed E-state index contributed by atoms with van der Waals surface area (Å²) in [5.74, 6) is 0.867. The van der Waals surface area contributed by atoms with E-state index in [4.69, 9.17) is 9.47 Å². The summed E-state index contributed by atoms with van der Waals surface area (Å²) in [5.41, 5.74) is 0.375. The molecule has 8 heteroatoms. The van der Waals surface area contributed by atoms with Gasteiger partial charge in [-0.15, -0.1) is 18.2 Å². The first-order valence-electron chi connectivity index (χ1n) is 10.4. The van der Waals surface area contributed by atoms with E-state index in [0.717, 1.165) is 15.9 Å². The summed E-state index contributed by atoms with van der Waals surface area (Å²) in [5, 5.41) is 3.14. The maximum absolute atomic E-state index is 13.8. The number of halogens is 2. The van der Waals surface area contributed by atoms with Crippen LogP contribution < -0.4 is 25.4 Å². The monoisotopic (exact) mass is 720 g/mol. The van der Waals surface area contributed by atoms with E-state index >= 15 is 0 Å². The van der Waals surface area contributed by atoms with Gasteiger partial charge in [0.15, 0.2) is 0 Å². The Morgan fingerprint density at radius 3 is 1.83 bits per heavy atom. The summed E-state index contributed by atoms with van der Waals surface area (Å²) in [6, 6.07) is 38.1. The van der Waals surface area contributed by atoms with E-state index in [2.05, 4.69) is 91.8 Å². The molecule has 0 amide bonds. The summed E-state index contributed by atoms with van der Waals surface area (Å²) >= 11 is 4.44. The van der Waals surface area contributed by atoms with E-state index in [1.165, 1.54) is 0 Å². The van der Waals surface area contributed by atoms with Crippen molar-refractivity contribution in [3.05, 3.63) is 121 Å². The van der Waals surface area contributed by atoms with Gasteiger partial charge < -0.3 is 14.3 Å². The van der Waals surface area contributed by atoms with Gasteiger partial charge in [0.2, 0.25) is 0 Å². The molecule has 0 spiro atoms. The van der Waals surface area contributed by atoms with E-state index in [0.29, 0.717) is 17.1 Å². The topological polar surface area (TPSA) is 35.5 Å². The Morgan fingerprint density at radius 1 is 0.806 bits per heavy atom. The van der Waals surface area contributed by atoms with Crippen molar-refractivity contribution in [1.82, 2.24) is 0 Å². The molecule has 3 nitrogen and oxygen atoms in total. The number of carbonyl (C=O) groups excluding carboxylic acids is 1. The van der Waals surface area contributed by atoms with Crippen LogP contribution in [0.2, 0.25) is 0 Å². The van der Waals surface area contributed by atoms with Crippen LogP contribution in [0.15, 0.2) is 97.1 Å². The van der Waals surface area contributed by atoms with Crippen LogP contribution in [0.3, 0.4) is 0 Å². The fraction of sp³-hybridized carbons (Fsp3) is 0.0714. The van der Waals surface area contributed by atoms with Gasteiger partial charge in [0.05, 0.1) is 24.8 Å². The molecule has 0 unspecified atom stereocenters. The molecule has 0 atom stereocenters. The zero-order valence-electron chi connectivity index (χ0n) is 19.4. The van der Waals surface area contributed by atoms with Crippen LogP contribution in [-0.4, -0.2) is 20.0 Å². The van der Waals surface area contributed by atoms with Crippen molar-refractivity contribution in [2.45, 2.75) is 0 Å². The molecule has 0 saturated heterocycles. The summed E-state index contributed by atoms with van der Waals surface area (Å²) in [4.78, 5) is 13.8. The van der Waals surface area contributed by atoms with E-state index in [9.17, 15) is 4.79 Å². The average Bonchev–Trinajstić information content (AvgIpc) is 2.99. The van der Waals surface area contributed by atoms with Gasteiger partial charge >= 0.3 is 55.4 Å². The minimum atomic E-state index is -2.46. The number of Topliss-reactive ketones (excluding diaryl/α,β-unsaturated/α-hetero) is 1. The minimum absolute atomic E-state index is 0.150. The predicted octanol–water partition coefficient (Wildman–Crippen LogP) is 6.02. The maximum atomic E-state index is 13.8. The van der Waals surface area contributed by atoms with Gasteiger partial charge in [-0.25, -0.2) is 11.6 Å². The number of ether oxygens (including phenoxy) is 2. The van der Waals surface area contributed by atoms with Gasteiger partial charge in [0.1, 0.15) is 0 Å². The first-order valence-corrected chi connectivity index (χ1v) is 16.3.